The lowest BCUT2D eigenvalue weighted by Gasteiger charge is -2.13. The van der Waals surface area contributed by atoms with Crippen LogP contribution in [0.15, 0.2) is 66.7 Å². The maximum atomic E-state index is 6.61. The smallest absolute Gasteiger partial charge is 0.0314 e. The van der Waals surface area contributed by atoms with Crippen molar-refractivity contribution in [2.24, 2.45) is 5.73 Å². The number of hydrogen-bond acceptors (Lipinski definition) is 2. The Morgan fingerprint density at radius 2 is 1.64 bits per heavy atom. The molecule has 1 aliphatic carbocycles. The fourth-order valence-corrected chi connectivity index (χ4v) is 3.42. The SMILES string of the molecule is Nc1ccc([C@@H]2C[C@]2(N)Cc2ccc3ccccc3c2)cc1. The van der Waals surface area contributed by atoms with Gasteiger partial charge in [-0.2, -0.15) is 0 Å². The van der Waals surface area contributed by atoms with E-state index in [1.807, 2.05) is 12.1 Å². The van der Waals surface area contributed by atoms with Crippen molar-refractivity contribution in [3.8, 4) is 0 Å². The van der Waals surface area contributed by atoms with Crippen LogP contribution in [0.5, 0.6) is 0 Å². The molecule has 1 fully saturated rings. The van der Waals surface area contributed by atoms with Gasteiger partial charge < -0.3 is 11.5 Å². The molecule has 2 nitrogen and oxygen atoms in total. The fraction of sp³-hybridized carbons (Fsp3) is 0.200. The van der Waals surface area contributed by atoms with Crippen LogP contribution in [0.1, 0.15) is 23.5 Å². The van der Waals surface area contributed by atoms with E-state index in [1.165, 1.54) is 21.9 Å². The average Bonchev–Trinajstić information content (AvgIpc) is 3.19. The molecule has 4 rings (SSSR count). The fourth-order valence-electron chi connectivity index (χ4n) is 3.42. The Bertz CT molecular complexity index is 822. The third-order valence-corrected chi connectivity index (χ3v) is 4.80. The minimum absolute atomic E-state index is 0.113. The molecular weight excluding hydrogens is 268 g/mol. The maximum absolute atomic E-state index is 6.61. The molecule has 0 aliphatic heterocycles. The van der Waals surface area contributed by atoms with Gasteiger partial charge in [0, 0.05) is 17.1 Å². The number of hydrogen-bond donors (Lipinski definition) is 2. The summed E-state index contributed by atoms with van der Waals surface area (Å²) in [6.45, 7) is 0. The molecule has 0 aromatic heterocycles. The molecule has 22 heavy (non-hydrogen) atoms. The first-order chi connectivity index (χ1) is 10.6. The number of nitrogens with two attached hydrogens (primary N) is 2. The first-order valence-electron chi connectivity index (χ1n) is 7.76. The van der Waals surface area contributed by atoms with E-state index < -0.39 is 0 Å². The second-order valence-corrected chi connectivity index (χ2v) is 6.51. The number of anilines is 1. The van der Waals surface area contributed by atoms with E-state index in [2.05, 4.69) is 54.6 Å². The minimum atomic E-state index is -0.113. The standard InChI is InChI=1S/C20H20N2/c21-18-9-7-16(8-10-18)19-13-20(19,22)12-14-5-6-15-3-1-2-4-17(15)11-14/h1-11,19H,12-13,21-22H2/t19-,20+/m0/s1. The van der Waals surface area contributed by atoms with Gasteiger partial charge in [-0.1, -0.05) is 54.6 Å². The normalized spacial score (nSPS) is 23.6. The van der Waals surface area contributed by atoms with E-state index >= 15 is 0 Å². The Labute approximate surface area is 130 Å². The lowest BCUT2D eigenvalue weighted by Crippen LogP contribution is -2.27. The quantitative estimate of drug-likeness (QED) is 0.719. The highest BCUT2D eigenvalue weighted by Gasteiger charge is 2.51. The van der Waals surface area contributed by atoms with E-state index in [0.717, 1.165) is 18.5 Å². The Morgan fingerprint density at radius 3 is 2.41 bits per heavy atom. The van der Waals surface area contributed by atoms with Gasteiger partial charge in [0.25, 0.3) is 0 Å². The molecule has 0 heterocycles. The number of nitrogen functional groups attached to an aromatic ring is 1. The first kappa shape index (κ1) is 13.4. The molecule has 110 valence electrons. The van der Waals surface area contributed by atoms with Gasteiger partial charge in [0.15, 0.2) is 0 Å². The van der Waals surface area contributed by atoms with Crippen molar-refractivity contribution in [2.45, 2.75) is 24.3 Å². The lowest BCUT2D eigenvalue weighted by molar-refractivity contribution is 0.646. The zero-order chi connectivity index (χ0) is 15.2. The van der Waals surface area contributed by atoms with E-state index in [9.17, 15) is 0 Å². The molecule has 4 N–H and O–H groups in total. The second-order valence-electron chi connectivity index (χ2n) is 6.51. The Balaban J connectivity index is 1.56. The summed E-state index contributed by atoms with van der Waals surface area (Å²) in [5, 5.41) is 2.57. The Hall–Kier alpha value is -2.32. The zero-order valence-corrected chi connectivity index (χ0v) is 12.5. The zero-order valence-electron chi connectivity index (χ0n) is 12.5. The van der Waals surface area contributed by atoms with Crippen molar-refractivity contribution in [1.82, 2.24) is 0 Å². The van der Waals surface area contributed by atoms with E-state index in [4.69, 9.17) is 11.5 Å². The molecule has 0 saturated heterocycles. The van der Waals surface area contributed by atoms with Crippen LogP contribution < -0.4 is 11.5 Å². The minimum Gasteiger partial charge on any atom is -0.399 e. The summed E-state index contributed by atoms with van der Waals surface area (Å²) in [5.41, 5.74) is 15.7. The highest BCUT2D eigenvalue weighted by molar-refractivity contribution is 5.83. The molecule has 0 amide bonds. The van der Waals surface area contributed by atoms with Crippen LogP contribution in [-0.2, 0) is 6.42 Å². The summed E-state index contributed by atoms with van der Waals surface area (Å²) >= 11 is 0. The van der Waals surface area contributed by atoms with Crippen LogP contribution in [0.2, 0.25) is 0 Å². The lowest BCUT2D eigenvalue weighted by atomic mass is 9.97. The molecule has 2 atom stereocenters. The van der Waals surface area contributed by atoms with Crippen LogP contribution in [0.3, 0.4) is 0 Å². The molecule has 3 aromatic carbocycles. The molecule has 1 saturated carbocycles. The number of fused-ring (bicyclic) bond motifs is 1. The molecule has 0 bridgehead atoms. The van der Waals surface area contributed by atoms with Gasteiger partial charge in [-0.3, -0.25) is 0 Å². The average molecular weight is 288 g/mol. The van der Waals surface area contributed by atoms with Crippen LogP contribution in [-0.4, -0.2) is 5.54 Å². The van der Waals surface area contributed by atoms with Crippen LogP contribution in [0.4, 0.5) is 5.69 Å². The van der Waals surface area contributed by atoms with Gasteiger partial charge in [-0.15, -0.1) is 0 Å². The summed E-state index contributed by atoms with van der Waals surface area (Å²) < 4.78 is 0. The van der Waals surface area contributed by atoms with Gasteiger partial charge in [0.2, 0.25) is 0 Å². The van der Waals surface area contributed by atoms with Gasteiger partial charge in [-0.05, 0) is 46.9 Å². The van der Waals surface area contributed by atoms with Gasteiger partial charge in [0.1, 0.15) is 0 Å². The topological polar surface area (TPSA) is 52.0 Å². The van der Waals surface area contributed by atoms with E-state index in [-0.39, 0.29) is 5.54 Å². The predicted octanol–water partition coefficient (Wildman–Crippen LogP) is 3.85. The molecule has 0 unspecified atom stereocenters. The van der Waals surface area contributed by atoms with Crippen molar-refractivity contribution in [1.29, 1.82) is 0 Å². The largest absolute Gasteiger partial charge is 0.399 e. The van der Waals surface area contributed by atoms with Crippen molar-refractivity contribution in [3.05, 3.63) is 77.9 Å². The molecule has 0 spiro atoms. The Morgan fingerprint density at radius 1 is 0.909 bits per heavy atom. The van der Waals surface area contributed by atoms with Crippen LogP contribution in [0, 0.1) is 0 Å². The first-order valence-corrected chi connectivity index (χ1v) is 7.76. The van der Waals surface area contributed by atoms with Crippen LogP contribution >= 0.6 is 0 Å². The van der Waals surface area contributed by atoms with Gasteiger partial charge >= 0.3 is 0 Å². The third-order valence-electron chi connectivity index (χ3n) is 4.80. The van der Waals surface area contributed by atoms with Gasteiger partial charge in [0.05, 0.1) is 0 Å². The highest BCUT2D eigenvalue weighted by atomic mass is 14.9. The molecule has 2 heteroatoms. The summed E-state index contributed by atoms with van der Waals surface area (Å²) in [7, 11) is 0. The summed E-state index contributed by atoms with van der Waals surface area (Å²) in [4.78, 5) is 0. The monoisotopic (exact) mass is 288 g/mol. The molecular formula is C20H20N2. The molecule has 0 radical (unpaired) electrons. The van der Waals surface area contributed by atoms with Crippen molar-refractivity contribution < 1.29 is 0 Å². The highest BCUT2D eigenvalue weighted by Crippen LogP contribution is 2.51. The van der Waals surface area contributed by atoms with Gasteiger partial charge in [-0.25, -0.2) is 0 Å². The summed E-state index contributed by atoms with van der Waals surface area (Å²) in [5.74, 6) is 0.444. The maximum Gasteiger partial charge on any atom is 0.0314 e. The third kappa shape index (κ3) is 2.36. The molecule has 3 aromatic rings. The number of rotatable bonds is 3. The number of benzene rings is 3. The van der Waals surface area contributed by atoms with Crippen molar-refractivity contribution in [2.75, 3.05) is 5.73 Å². The van der Waals surface area contributed by atoms with Crippen molar-refractivity contribution >= 4 is 16.5 Å². The second kappa shape index (κ2) is 4.85. The Kier molecular flexibility index (Phi) is 2.95. The van der Waals surface area contributed by atoms with Crippen molar-refractivity contribution in [3.63, 3.8) is 0 Å². The summed E-state index contributed by atoms with van der Waals surface area (Å²) in [6.07, 6.45) is 1.97. The molecule has 1 aliphatic rings. The van der Waals surface area contributed by atoms with E-state index in [1.54, 1.807) is 0 Å². The van der Waals surface area contributed by atoms with Crippen LogP contribution in [0.25, 0.3) is 10.8 Å². The predicted molar refractivity (Wildman–Crippen MR) is 92.8 cm³/mol. The summed E-state index contributed by atoms with van der Waals surface area (Å²) in [6, 6.07) is 23.3. The van der Waals surface area contributed by atoms with E-state index in [0.29, 0.717) is 5.92 Å².